The number of nitrogens with zero attached hydrogens (tertiary/aromatic N) is 2. The summed E-state index contributed by atoms with van der Waals surface area (Å²) >= 11 is 0. The molecule has 0 spiro atoms. The summed E-state index contributed by atoms with van der Waals surface area (Å²) < 4.78 is 0. The molecule has 162 valence electrons. The normalized spacial score (nSPS) is 10.9. The van der Waals surface area contributed by atoms with Crippen molar-refractivity contribution in [2.75, 3.05) is 0 Å². The lowest BCUT2D eigenvalue weighted by Gasteiger charge is -2.08. The molecule has 6 nitrogen and oxygen atoms in total. The van der Waals surface area contributed by atoms with Gasteiger partial charge in [-0.3, -0.25) is 9.97 Å². The Morgan fingerprint density at radius 3 is 1.31 bits per heavy atom. The first-order valence-corrected chi connectivity index (χ1v) is 10.4. The second kappa shape index (κ2) is 9.39. The van der Waals surface area contributed by atoms with Crippen molar-refractivity contribution in [3.8, 4) is 34.4 Å². The van der Waals surface area contributed by atoms with Crippen LogP contribution in [0.4, 0.5) is 0 Å². The molecule has 0 radical (unpaired) electrons. The van der Waals surface area contributed by atoms with Crippen LogP contribution >= 0.6 is 0 Å². The highest BCUT2D eigenvalue weighted by atomic mass is 16.3. The predicted molar refractivity (Wildman–Crippen MR) is 122 cm³/mol. The minimum absolute atomic E-state index is 0.0688. The standard InChI is InChI=1S/C26H24N2O4/c29-23-5-1-3-19(25(23)31)11-7-17-9-13-21(27-15-17)22-14-10-18(16-28-22)8-12-20-4-2-6-24(30)26(20)32/h1-6,9-10,13-16,29-32H,7-8,11-12H2. The molecular weight excluding hydrogens is 404 g/mol. The minimum atomic E-state index is -0.107. The number of hydrogen-bond donors (Lipinski definition) is 4. The van der Waals surface area contributed by atoms with Crippen molar-refractivity contribution in [1.29, 1.82) is 0 Å². The van der Waals surface area contributed by atoms with Crippen LogP contribution in [0, 0.1) is 0 Å². The summed E-state index contributed by atoms with van der Waals surface area (Å²) in [4.78, 5) is 9.02. The van der Waals surface area contributed by atoms with E-state index < -0.39 is 0 Å². The molecule has 0 bridgehead atoms. The van der Waals surface area contributed by atoms with Gasteiger partial charge in [0.2, 0.25) is 0 Å². The van der Waals surface area contributed by atoms with Crippen molar-refractivity contribution >= 4 is 0 Å². The zero-order chi connectivity index (χ0) is 22.5. The van der Waals surface area contributed by atoms with Gasteiger partial charge >= 0.3 is 0 Å². The maximum absolute atomic E-state index is 9.92. The summed E-state index contributed by atoms with van der Waals surface area (Å²) in [6, 6.07) is 17.8. The third-order valence-electron chi connectivity index (χ3n) is 5.47. The first kappa shape index (κ1) is 21.2. The molecule has 32 heavy (non-hydrogen) atoms. The van der Waals surface area contributed by atoms with Crippen molar-refractivity contribution in [1.82, 2.24) is 9.97 Å². The van der Waals surface area contributed by atoms with Gasteiger partial charge in [0.25, 0.3) is 0 Å². The topological polar surface area (TPSA) is 107 Å². The van der Waals surface area contributed by atoms with Gasteiger partial charge in [-0.05, 0) is 72.2 Å². The molecule has 0 aliphatic rings. The molecule has 4 rings (SSSR count). The van der Waals surface area contributed by atoms with Gasteiger partial charge in [0, 0.05) is 12.4 Å². The number of aryl methyl sites for hydroxylation is 4. The van der Waals surface area contributed by atoms with E-state index in [9.17, 15) is 20.4 Å². The van der Waals surface area contributed by atoms with Crippen LogP contribution in [0.25, 0.3) is 11.4 Å². The maximum atomic E-state index is 9.92. The average Bonchev–Trinajstić information content (AvgIpc) is 2.82. The van der Waals surface area contributed by atoms with Gasteiger partial charge in [-0.1, -0.05) is 36.4 Å². The monoisotopic (exact) mass is 428 g/mol. The molecule has 2 aromatic carbocycles. The largest absolute Gasteiger partial charge is 0.504 e. The van der Waals surface area contributed by atoms with Gasteiger partial charge < -0.3 is 20.4 Å². The van der Waals surface area contributed by atoms with E-state index >= 15 is 0 Å². The summed E-state index contributed by atoms with van der Waals surface area (Å²) in [6.45, 7) is 0. The Bertz CT molecular complexity index is 1110. The van der Waals surface area contributed by atoms with Crippen molar-refractivity contribution in [3.05, 3.63) is 95.3 Å². The van der Waals surface area contributed by atoms with Crippen molar-refractivity contribution in [2.45, 2.75) is 25.7 Å². The van der Waals surface area contributed by atoms with Gasteiger partial charge in [0.1, 0.15) is 0 Å². The Hall–Kier alpha value is -4.06. The van der Waals surface area contributed by atoms with E-state index in [1.807, 2.05) is 24.3 Å². The van der Waals surface area contributed by atoms with Crippen LogP contribution in [-0.4, -0.2) is 30.4 Å². The molecule has 0 atom stereocenters. The van der Waals surface area contributed by atoms with E-state index in [1.165, 1.54) is 12.1 Å². The van der Waals surface area contributed by atoms with Gasteiger partial charge in [-0.2, -0.15) is 0 Å². The Kier molecular flexibility index (Phi) is 6.22. The fourth-order valence-corrected chi connectivity index (χ4v) is 3.56. The molecule has 0 fully saturated rings. The van der Waals surface area contributed by atoms with Gasteiger partial charge in [0.05, 0.1) is 11.4 Å². The number of para-hydroxylation sites is 2. The molecule has 4 aromatic rings. The molecule has 6 heteroatoms. The van der Waals surface area contributed by atoms with E-state index in [0.717, 1.165) is 22.5 Å². The van der Waals surface area contributed by atoms with E-state index in [-0.39, 0.29) is 23.0 Å². The Morgan fingerprint density at radius 2 is 0.938 bits per heavy atom. The van der Waals surface area contributed by atoms with Gasteiger partial charge in [-0.25, -0.2) is 0 Å². The number of pyridine rings is 2. The van der Waals surface area contributed by atoms with E-state index in [0.29, 0.717) is 36.8 Å². The molecule has 2 aromatic heterocycles. The van der Waals surface area contributed by atoms with Crippen LogP contribution < -0.4 is 0 Å². The summed E-state index contributed by atoms with van der Waals surface area (Å²) in [5.41, 5.74) is 4.99. The van der Waals surface area contributed by atoms with E-state index in [1.54, 1.807) is 36.7 Å². The Balaban J connectivity index is 1.36. The summed E-state index contributed by atoms with van der Waals surface area (Å²) in [5.74, 6) is -0.352. The van der Waals surface area contributed by atoms with E-state index in [2.05, 4.69) is 9.97 Å². The SMILES string of the molecule is Oc1cccc(CCc2ccc(-c3ccc(CCc4cccc(O)c4O)cn3)nc2)c1O. The van der Waals surface area contributed by atoms with Crippen LogP contribution in [0.15, 0.2) is 73.1 Å². The van der Waals surface area contributed by atoms with Crippen LogP contribution in [0.1, 0.15) is 22.3 Å². The first-order valence-electron chi connectivity index (χ1n) is 10.4. The number of benzene rings is 2. The molecular formula is C26H24N2O4. The fourth-order valence-electron chi connectivity index (χ4n) is 3.56. The molecule has 4 N–H and O–H groups in total. The average molecular weight is 428 g/mol. The maximum Gasteiger partial charge on any atom is 0.160 e. The smallest absolute Gasteiger partial charge is 0.160 e. The molecule has 0 saturated heterocycles. The highest BCUT2D eigenvalue weighted by Gasteiger charge is 2.08. The third-order valence-corrected chi connectivity index (χ3v) is 5.47. The zero-order valence-corrected chi connectivity index (χ0v) is 17.4. The molecule has 2 heterocycles. The van der Waals surface area contributed by atoms with Crippen molar-refractivity contribution in [3.63, 3.8) is 0 Å². The van der Waals surface area contributed by atoms with Gasteiger partial charge in [0.15, 0.2) is 23.0 Å². The number of phenolic OH excluding ortho intramolecular Hbond substituents is 4. The Labute approximate surface area is 186 Å². The minimum Gasteiger partial charge on any atom is -0.504 e. The number of phenols is 4. The molecule has 0 amide bonds. The second-order valence-electron chi connectivity index (χ2n) is 7.67. The van der Waals surface area contributed by atoms with Gasteiger partial charge in [-0.15, -0.1) is 0 Å². The number of rotatable bonds is 7. The summed E-state index contributed by atoms with van der Waals surface area (Å²) in [6.07, 6.45) is 6.19. The van der Waals surface area contributed by atoms with Crippen LogP contribution in [-0.2, 0) is 25.7 Å². The zero-order valence-electron chi connectivity index (χ0n) is 17.4. The van der Waals surface area contributed by atoms with Crippen molar-refractivity contribution in [2.24, 2.45) is 0 Å². The van der Waals surface area contributed by atoms with Crippen LogP contribution in [0.2, 0.25) is 0 Å². The third kappa shape index (κ3) is 4.81. The number of hydrogen-bond acceptors (Lipinski definition) is 6. The summed E-state index contributed by atoms with van der Waals surface area (Å²) in [7, 11) is 0. The van der Waals surface area contributed by atoms with Crippen LogP contribution in [0.5, 0.6) is 23.0 Å². The highest BCUT2D eigenvalue weighted by molar-refractivity contribution is 5.54. The predicted octanol–water partition coefficient (Wildman–Crippen LogP) is 4.54. The molecule has 0 unspecified atom stereocenters. The lowest BCUT2D eigenvalue weighted by Crippen LogP contribution is -1.96. The van der Waals surface area contributed by atoms with E-state index in [4.69, 9.17) is 0 Å². The second-order valence-corrected chi connectivity index (χ2v) is 7.67. The fraction of sp³-hybridized carbons (Fsp3) is 0.154. The molecule has 0 aliphatic heterocycles. The summed E-state index contributed by atoms with van der Waals surface area (Å²) in [5, 5.41) is 39.1. The Morgan fingerprint density at radius 1 is 0.500 bits per heavy atom. The lowest BCUT2D eigenvalue weighted by atomic mass is 10.0. The molecule has 0 saturated carbocycles. The first-order chi connectivity index (χ1) is 15.5. The molecule has 0 aliphatic carbocycles. The quantitative estimate of drug-likeness (QED) is 0.322. The lowest BCUT2D eigenvalue weighted by molar-refractivity contribution is 0.399. The highest BCUT2D eigenvalue weighted by Crippen LogP contribution is 2.30. The number of aromatic nitrogens is 2. The van der Waals surface area contributed by atoms with Crippen molar-refractivity contribution < 1.29 is 20.4 Å². The number of aromatic hydroxyl groups is 4. The van der Waals surface area contributed by atoms with Crippen LogP contribution in [0.3, 0.4) is 0 Å².